The second-order valence-electron chi connectivity index (χ2n) is 8.40. The average Bonchev–Trinajstić information content (AvgIpc) is 3.07. The summed E-state index contributed by atoms with van der Waals surface area (Å²) in [7, 11) is 0. The predicted molar refractivity (Wildman–Crippen MR) is 127 cm³/mol. The van der Waals surface area contributed by atoms with Crippen molar-refractivity contribution in [2.75, 3.05) is 19.7 Å². The molecule has 1 unspecified atom stereocenters. The Balaban J connectivity index is 1.36. The highest BCUT2D eigenvalue weighted by Gasteiger charge is 2.55. The summed E-state index contributed by atoms with van der Waals surface area (Å²) in [6.45, 7) is 1.86. The zero-order valence-electron chi connectivity index (χ0n) is 18.8. The molecule has 0 radical (unpaired) electrons. The molecular formula is C24H22ClN5O5. The first-order valence-corrected chi connectivity index (χ1v) is 11.5. The van der Waals surface area contributed by atoms with Crippen molar-refractivity contribution in [3.63, 3.8) is 0 Å². The number of aromatic amines is 1. The molecule has 2 aliphatic heterocycles. The smallest absolute Gasteiger partial charge is 0.325 e. The number of carbonyl (C=O) groups excluding carboxylic acids is 3. The van der Waals surface area contributed by atoms with E-state index >= 15 is 0 Å². The summed E-state index contributed by atoms with van der Waals surface area (Å²) in [5.41, 5.74) is -0.620. The highest BCUT2D eigenvalue weighted by atomic mass is 35.5. The van der Waals surface area contributed by atoms with Crippen molar-refractivity contribution in [2.24, 2.45) is 0 Å². The number of benzene rings is 2. The van der Waals surface area contributed by atoms with Crippen LogP contribution in [0.4, 0.5) is 4.79 Å². The Morgan fingerprint density at radius 3 is 2.83 bits per heavy atom. The summed E-state index contributed by atoms with van der Waals surface area (Å²) < 4.78 is 5.64. The third kappa shape index (κ3) is 3.89. The van der Waals surface area contributed by atoms with Gasteiger partial charge in [-0.25, -0.2) is 9.78 Å². The third-order valence-electron chi connectivity index (χ3n) is 6.34. The number of H-pyrrole nitrogens is 1. The van der Waals surface area contributed by atoms with Crippen LogP contribution in [-0.2, 0) is 21.7 Å². The zero-order chi connectivity index (χ0) is 24.7. The molecule has 5 rings (SSSR count). The van der Waals surface area contributed by atoms with Crippen LogP contribution in [0.15, 0.2) is 47.3 Å². The van der Waals surface area contributed by atoms with E-state index in [0.29, 0.717) is 27.2 Å². The number of carbonyl (C=O) groups is 3. The van der Waals surface area contributed by atoms with Gasteiger partial charge >= 0.3 is 6.03 Å². The van der Waals surface area contributed by atoms with Gasteiger partial charge in [0.05, 0.1) is 24.1 Å². The van der Waals surface area contributed by atoms with Gasteiger partial charge in [-0.1, -0.05) is 29.8 Å². The van der Waals surface area contributed by atoms with E-state index in [1.54, 1.807) is 49.4 Å². The Morgan fingerprint density at radius 1 is 1.23 bits per heavy atom. The molecule has 3 aromatic rings. The molecule has 0 bridgehead atoms. The number of fused-ring (bicyclic) bond motifs is 3. The number of amides is 4. The molecule has 0 aliphatic carbocycles. The summed E-state index contributed by atoms with van der Waals surface area (Å²) in [6, 6.07) is 11.2. The third-order valence-corrected chi connectivity index (χ3v) is 6.58. The topological polar surface area (TPSA) is 125 Å². The molecule has 10 nitrogen and oxygen atoms in total. The lowest BCUT2D eigenvalue weighted by molar-refractivity contribution is -0.140. The molecule has 2 aliphatic rings. The van der Waals surface area contributed by atoms with Crippen molar-refractivity contribution in [1.82, 2.24) is 25.1 Å². The summed E-state index contributed by atoms with van der Waals surface area (Å²) >= 11 is 6.02. The Bertz CT molecular complexity index is 1420. The number of nitrogens with zero attached hydrogens (tertiary/aromatic N) is 3. The van der Waals surface area contributed by atoms with Crippen LogP contribution in [0.1, 0.15) is 24.7 Å². The Hall–Kier alpha value is -3.92. The first-order chi connectivity index (χ1) is 16.8. The van der Waals surface area contributed by atoms with Gasteiger partial charge in [-0.2, -0.15) is 0 Å². The second-order valence-corrected chi connectivity index (χ2v) is 8.84. The van der Waals surface area contributed by atoms with Gasteiger partial charge in [0.25, 0.3) is 11.5 Å². The number of aromatic nitrogens is 2. The number of hydrogen-bond donors (Lipinski definition) is 2. The quantitative estimate of drug-likeness (QED) is 0.522. The zero-order valence-corrected chi connectivity index (χ0v) is 19.6. The number of nitrogens with one attached hydrogen (secondary N) is 2. The highest BCUT2D eigenvalue weighted by Crippen LogP contribution is 2.40. The van der Waals surface area contributed by atoms with Crippen LogP contribution in [0.25, 0.3) is 10.9 Å². The average molecular weight is 496 g/mol. The fraction of sp³-hybridized carbons (Fsp3) is 0.292. The normalized spacial score (nSPS) is 19.0. The van der Waals surface area contributed by atoms with E-state index in [2.05, 4.69) is 15.3 Å². The van der Waals surface area contributed by atoms with E-state index in [4.69, 9.17) is 16.3 Å². The summed E-state index contributed by atoms with van der Waals surface area (Å²) in [4.78, 5) is 61.2. The molecule has 1 saturated heterocycles. The minimum Gasteiger partial charge on any atom is -0.493 e. The van der Waals surface area contributed by atoms with Gasteiger partial charge in [0, 0.05) is 23.6 Å². The van der Waals surface area contributed by atoms with Gasteiger partial charge in [-0.05, 0) is 31.2 Å². The maximum Gasteiger partial charge on any atom is 0.325 e. The van der Waals surface area contributed by atoms with Crippen molar-refractivity contribution in [2.45, 2.75) is 25.4 Å². The van der Waals surface area contributed by atoms with Crippen LogP contribution in [0.2, 0.25) is 5.02 Å². The van der Waals surface area contributed by atoms with Gasteiger partial charge in [0.2, 0.25) is 5.91 Å². The lowest BCUT2D eigenvalue weighted by Crippen LogP contribution is -2.48. The maximum absolute atomic E-state index is 13.4. The molecule has 1 fully saturated rings. The first-order valence-electron chi connectivity index (χ1n) is 11.1. The number of para-hydroxylation sites is 1. The molecule has 1 atom stereocenters. The molecule has 4 amide bonds. The van der Waals surface area contributed by atoms with Crippen LogP contribution in [0.5, 0.6) is 5.75 Å². The van der Waals surface area contributed by atoms with Gasteiger partial charge in [-0.15, -0.1) is 0 Å². The second kappa shape index (κ2) is 8.70. The van der Waals surface area contributed by atoms with Crippen LogP contribution < -0.4 is 15.6 Å². The van der Waals surface area contributed by atoms with E-state index in [1.807, 2.05) is 0 Å². The molecule has 2 N–H and O–H groups in total. The van der Waals surface area contributed by atoms with Gasteiger partial charge in [0.1, 0.15) is 18.1 Å². The van der Waals surface area contributed by atoms with Crippen molar-refractivity contribution >= 4 is 40.3 Å². The van der Waals surface area contributed by atoms with Crippen molar-refractivity contribution in [3.8, 4) is 5.75 Å². The van der Waals surface area contributed by atoms with Crippen molar-refractivity contribution in [1.29, 1.82) is 0 Å². The lowest BCUT2D eigenvalue weighted by atomic mass is 9.84. The number of rotatable bonds is 5. The van der Waals surface area contributed by atoms with Crippen molar-refractivity contribution < 1.29 is 19.1 Å². The number of urea groups is 1. The highest BCUT2D eigenvalue weighted by molar-refractivity contribution is 6.31. The Labute approximate surface area is 204 Å². The van der Waals surface area contributed by atoms with E-state index in [1.165, 1.54) is 4.90 Å². The number of imide groups is 1. The van der Waals surface area contributed by atoms with E-state index < -0.39 is 29.9 Å². The SMILES string of the molecule is CCN(Cc1nc2cc(Cl)ccc2c(=O)[nH]1)C(=O)CN1C(=O)NC2(CCOc3ccccc32)C1=O. The summed E-state index contributed by atoms with van der Waals surface area (Å²) in [5, 5.41) is 3.60. The van der Waals surface area contributed by atoms with Crippen LogP contribution in [0.3, 0.4) is 0 Å². The van der Waals surface area contributed by atoms with Gasteiger partial charge < -0.3 is 19.9 Å². The minimum absolute atomic E-state index is 0.00150. The molecule has 1 aromatic heterocycles. The maximum atomic E-state index is 13.4. The number of ether oxygens (including phenoxy) is 1. The number of halogens is 1. The summed E-state index contributed by atoms with van der Waals surface area (Å²) in [5.74, 6) is -0.147. The molecule has 180 valence electrons. The molecule has 1 spiro atoms. The molecule has 11 heteroatoms. The fourth-order valence-corrected chi connectivity index (χ4v) is 4.71. The molecular weight excluding hydrogens is 474 g/mol. The standard InChI is InChI=1S/C24H22ClN5O5/c1-2-29(12-19-26-17-11-14(25)7-8-15(17)21(32)27-19)20(31)13-30-22(33)24(28-23(30)34)9-10-35-18-6-4-3-5-16(18)24/h3-8,11H,2,9-10,12-13H2,1H3,(H,28,34)(H,26,27,32). The van der Waals surface area contributed by atoms with Crippen LogP contribution in [0, 0.1) is 0 Å². The molecule has 2 aromatic carbocycles. The van der Waals surface area contributed by atoms with Gasteiger partial charge in [0.15, 0.2) is 5.54 Å². The number of likely N-dealkylation sites (N-methyl/N-ethyl adjacent to an activating group) is 1. The van der Waals surface area contributed by atoms with Crippen LogP contribution >= 0.6 is 11.6 Å². The fourth-order valence-electron chi connectivity index (χ4n) is 4.54. The van der Waals surface area contributed by atoms with E-state index in [0.717, 1.165) is 4.90 Å². The number of hydrogen-bond acceptors (Lipinski definition) is 6. The Morgan fingerprint density at radius 2 is 2.03 bits per heavy atom. The monoisotopic (exact) mass is 495 g/mol. The largest absolute Gasteiger partial charge is 0.493 e. The Kier molecular flexibility index (Phi) is 5.68. The molecule has 0 saturated carbocycles. The van der Waals surface area contributed by atoms with Gasteiger partial charge in [-0.3, -0.25) is 19.3 Å². The van der Waals surface area contributed by atoms with E-state index in [9.17, 15) is 19.2 Å². The van der Waals surface area contributed by atoms with Crippen LogP contribution in [-0.4, -0.2) is 57.3 Å². The molecule has 35 heavy (non-hydrogen) atoms. The lowest BCUT2D eigenvalue weighted by Gasteiger charge is -2.33. The predicted octanol–water partition coefficient (Wildman–Crippen LogP) is 2.15. The minimum atomic E-state index is -1.26. The molecule has 3 heterocycles. The summed E-state index contributed by atoms with van der Waals surface area (Å²) in [6.07, 6.45) is 0.265. The van der Waals surface area contributed by atoms with E-state index in [-0.39, 0.29) is 37.5 Å². The van der Waals surface area contributed by atoms with Crippen molar-refractivity contribution in [3.05, 3.63) is 69.2 Å². The first kappa shape index (κ1) is 22.9.